The number of carbonyl (C=O) groups excluding carboxylic acids is 3. The molecule has 0 bridgehead atoms. The van der Waals surface area contributed by atoms with Crippen molar-refractivity contribution in [3.05, 3.63) is 36.2 Å². The van der Waals surface area contributed by atoms with Gasteiger partial charge >= 0.3 is 11.9 Å². The van der Waals surface area contributed by atoms with Crippen LogP contribution in [-0.2, 0) is 19.1 Å². The van der Waals surface area contributed by atoms with E-state index in [1.54, 1.807) is 12.3 Å². The summed E-state index contributed by atoms with van der Waals surface area (Å²) in [7, 11) is 0. The first kappa shape index (κ1) is 11.9. The normalized spacial score (nSPS) is 13.4. The van der Waals surface area contributed by atoms with E-state index in [0.29, 0.717) is 0 Å². The van der Waals surface area contributed by atoms with Gasteiger partial charge in [-0.05, 0) is 25.2 Å². The van der Waals surface area contributed by atoms with E-state index >= 15 is 0 Å². The van der Waals surface area contributed by atoms with Gasteiger partial charge in [-0.1, -0.05) is 0 Å². The van der Waals surface area contributed by atoms with Crippen LogP contribution < -0.4 is 5.32 Å². The minimum atomic E-state index is -0.840. The molecule has 0 radical (unpaired) electrons. The maximum atomic E-state index is 11.4. The third kappa shape index (κ3) is 3.91. The predicted molar refractivity (Wildman–Crippen MR) is 55.9 cm³/mol. The Hall–Kier alpha value is -2.17. The molecular weight excluding hydrogens is 210 g/mol. The molecule has 0 aromatic carbocycles. The first-order chi connectivity index (χ1) is 7.59. The molecule has 0 unspecified atom stereocenters. The lowest BCUT2D eigenvalue weighted by Crippen LogP contribution is -2.15. The van der Waals surface area contributed by atoms with Crippen LogP contribution in [0.3, 0.4) is 0 Å². The van der Waals surface area contributed by atoms with E-state index < -0.39 is 18.4 Å². The van der Waals surface area contributed by atoms with Crippen molar-refractivity contribution in [2.45, 2.75) is 13.3 Å². The van der Waals surface area contributed by atoms with Gasteiger partial charge in [-0.2, -0.15) is 0 Å². The van der Waals surface area contributed by atoms with Gasteiger partial charge in [0, 0.05) is 12.4 Å². The van der Waals surface area contributed by atoms with E-state index in [9.17, 15) is 14.4 Å². The molecular formula is C11H11NO4. The quantitative estimate of drug-likeness (QED) is 0.558. The van der Waals surface area contributed by atoms with Gasteiger partial charge in [-0.25, -0.2) is 4.79 Å². The molecule has 0 aromatic rings. The molecule has 0 atom stereocenters. The van der Waals surface area contributed by atoms with Crippen molar-refractivity contribution in [1.29, 1.82) is 0 Å². The lowest BCUT2D eigenvalue weighted by Gasteiger charge is -2.01. The Balaban J connectivity index is 2.58. The molecule has 5 nitrogen and oxygen atoms in total. The van der Waals surface area contributed by atoms with Gasteiger partial charge in [0.15, 0.2) is 0 Å². The summed E-state index contributed by atoms with van der Waals surface area (Å²) in [6.07, 6.45) is 7.34. The maximum Gasteiger partial charge on any atom is 0.345 e. The van der Waals surface area contributed by atoms with Gasteiger partial charge in [-0.3, -0.25) is 9.59 Å². The lowest BCUT2D eigenvalue weighted by atomic mass is 10.2. The highest BCUT2D eigenvalue weighted by Crippen LogP contribution is 2.04. The molecule has 0 aromatic heterocycles. The summed E-state index contributed by atoms with van der Waals surface area (Å²) in [5.74, 6) is -1.95. The summed E-state index contributed by atoms with van der Waals surface area (Å²) in [5, 5.41) is 2.76. The van der Waals surface area contributed by atoms with Crippen LogP contribution in [0.25, 0.3) is 0 Å². The molecule has 1 aliphatic rings. The van der Waals surface area contributed by atoms with Gasteiger partial charge in [0.05, 0.1) is 5.57 Å². The Bertz CT molecular complexity index is 404. The molecule has 1 N–H and O–H groups in total. The lowest BCUT2D eigenvalue weighted by molar-refractivity contribution is -0.157. The van der Waals surface area contributed by atoms with E-state index in [2.05, 4.69) is 10.1 Å². The number of allylic oxidation sites excluding steroid dienone is 2. The monoisotopic (exact) mass is 221 g/mol. The molecule has 0 saturated heterocycles. The summed E-state index contributed by atoms with van der Waals surface area (Å²) in [4.78, 5) is 33.1. The number of ether oxygens (including phenoxy) is 1. The molecule has 5 heteroatoms. The Labute approximate surface area is 92.5 Å². The fourth-order valence-electron chi connectivity index (χ4n) is 0.994. The van der Waals surface area contributed by atoms with Crippen LogP contribution in [0.5, 0.6) is 0 Å². The standard InChI is InChI=1S/C11H11NO4/c1-8(13)7-10(14)16-11(15)9-3-2-5-12-6-4-9/h2-6,12H,7H2,1H3. The highest BCUT2D eigenvalue weighted by atomic mass is 16.6. The SMILES string of the molecule is CC(=O)CC(=O)OC(=O)C1=CC=CNC=C1. The second-order valence-electron chi connectivity index (χ2n) is 3.12. The van der Waals surface area contributed by atoms with Crippen molar-refractivity contribution in [2.75, 3.05) is 0 Å². The third-order valence-electron chi connectivity index (χ3n) is 1.66. The zero-order valence-electron chi connectivity index (χ0n) is 8.73. The van der Waals surface area contributed by atoms with Crippen molar-refractivity contribution >= 4 is 17.7 Å². The molecule has 0 saturated carbocycles. The molecule has 0 aliphatic carbocycles. The molecule has 0 fully saturated rings. The van der Waals surface area contributed by atoms with Crippen LogP contribution >= 0.6 is 0 Å². The summed E-state index contributed by atoms with van der Waals surface area (Å²) < 4.78 is 4.48. The number of rotatable bonds is 3. The first-order valence-electron chi connectivity index (χ1n) is 4.63. The first-order valence-corrected chi connectivity index (χ1v) is 4.63. The number of carbonyl (C=O) groups is 3. The van der Waals surface area contributed by atoms with Gasteiger partial charge in [-0.15, -0.1) is 0 Å². The number of Topliss-reactive ketones (excluding diaryl/α,β-unsaturated/α-hetero) is 1. The highest BCUT2D eigenvalue weighted by molar-refractivity contribution is 6.03. The number of ketones is 1. The van der Waals surface area contributed by atoms with Crippen molar-refractivity contribution in [3.8, 4) is 0 Å². The predicted octanol–water partition coefficient (Wildman–Crippen LogP) is 0.592. The average Bonchev–Trinajstić information content (AvgIpc) is 2.43. The minimum Gasteiger partial charge on any atom is -0.389 e. The second-order valence-corrected chi connectivity index (χ2v) is 3.12. The van der Waals surface area contributed by atoms with Crippen LogP contribution in [0.15, 0.2) is 36.2 Å². The summed E-state index contributed by atoms with van der Waals surface area (Å²) in [6.45, 7) is 1.25. The minimum absolute atomic E-state index is 0.234. The van der Waals surface area contributed by atoms with Gasteiger partial charge in [0.1, 0.15) is 12.2 Å². The van der Waals surface area contributed by atoms with Crippen LogP contribution in [0.2, 0.25) is 0 Å². The highest BCUT2D eigenvalue weighted by Gasteiger charge is 2.15. The Kier molecular flexibility index (Phi) is 4.20. The number of hydrogen-bond acceptors (Lipinski definition) is 5. The number of nitrogens with one attached hydrogen (secondary N) is 1. The van der Waals surface area contributed by atoms with Crippen molar-refractivity contribution in [3.63, 3.8) is 0 Å². The Morgan fingerprint density at radius 2 is 2.06 bits per heavy atom. The zero-order valence-corrected chi connectivity index (χ0v) is 8.73. The van der Waals surface area contributed by atoms with Crippen molar-refractivity contribution in [2.24, 2.45) is 0 Å². The maximum absolute atomic E-state index is 11.4. The van der Waals surface area contributed by atoms with E-state index in [-0.39, 0.29) is 11.4 Å². The fraction of sp³-hybridized carbons (Fsp3) is 0.182. The second kappa shape index (κ2) is 5.65. The van der Waals surface area contributed by atoms with Crippen LogP contribution in [-0.4, -0.2) is 17.7 Å². The van der Waals surface area contributed by atoms with Gasteiger partial charge in [0.25, 0.3) is 0 Å². The zero-order chi connectivity index (χ0) is 12.0. The fourth-order valence-corrected chi connectivity index (χ4v) is 0.994. The van der Waals surface area contributed by atoms with E-state index in [0.717, 1.165) is 0 Å². The van der Waals surface area contributed by atoms with Crippen LogP contribution in [0, 0.1) is 0 Å². The topological polar surface area (TPSA) is 72.5 Å². The molecule has 0 amide bonds. The molecule has 1 rings (SSSR count). The summed E-state index contributed by atoms with van der Waals surface area (Å²) in [6, 6.07) is 0. The smallest absolute Gasteiger partial charge is 0.345 e. The number of hydrogen-bond donors (Lipinski definition) is 1. The third-order valence-corrected chi connectivity index (χ3v) is 1.66. The Morgan fingerprint density at radius 1 is 1.31 bits per heavy atom. The number of esters is 2. The van der Waals surface area contributed by atoms with E-state index in [1.165, 1.54) is 25.3 Å². The Morgan fingerprint density at radius 3 is 2.75 bits per heavy atom. The summed E-state index contributed by atoms with van der Waals surface area (Å²) >= 11 is 0. The largest absolute Gasteiger partial charge is 0.389 e. The van der Waals surface area contributed by atoms with Crippen LogP contribution in [0.1, 0.15) is 13.3 Å². The molecule has 1 aliphatic heterocycles. The molecule has 84 valence electrons. The van der Waals surface area contributed by atoms with E-state index in [1.807, 2.05) is 0 Å². The van der Waals surface area contributed by atoms with Gasteiger partial charge in [0.2, 0.25) is 0 Å². The van der Waals surface area contributed by atoms with E-state index in [4.69, 9.17) is 0 Å². The summed E-state index contributed by atoms with van der Waals surface area (Å²) in [5.41, 5.74) is 0.234. The van der Waals surface area contributed by atoms with Crippen LogP contribution in [0.4, 0.5) is 0 Å². The molecule has 0 spiro atoms. The van der Waals surface area contributed by atoms with Crippen molar-refractivity contribution < 1.29 is 19.1 Å². The van der Waals surface area contributed by atoms with Gasteiger partial charge < -0.3 is 10.1 Å². The average molecular weight is 221 g/mol. The molecule has 1 heterocycles. The molecule has 16 heavy (non-hydrogen) atoms. The van der Waals surface area contributed by atoms with Crippen molar-refractivity contribution in [1.82, 2.24) is 5.32 Å².